The third-order valence-corrected chi connectivity index (χ3v) is 6.53. The lowest BCUT2D eigenvalue weighted by Crippen LogP contribution is -2.37. The third kappa shape index (κ3) is 4.52. The second kappa shape index (κ2) is 9.30. The number of anilines is 2. The maximum Gasteiger partial charge on any atom is 0.302 e. The lowest BCUT2D eigenvalue weighted by molar-refractivity contribution is -0.113. The first-order valence-corrected chi connectivity index (χ1v) is 12.1. The van der Waals surface area contributed by atoms with Gasteiger partial charge in [-0.2, -0.15) is 4.98 Å². The Morgan fingerprint density at radius 3 is 2.71 bits per heavy atom. The molecule has 4 aromatic rings. The molecule has 178 valence electrons. The molecule has 10 heteroatoms. The monoisotopic (exact) mass is 487 g/mol. The number of carbonyl (C=O) groups excluding carboxylic acids is 1. The van der Waals surface area contributed by atoms with Crippen molar-refractivity contribution in [3.8, 4) is 0 Å². The summed E-state index contributed by atoms with van der Waals surface area (Å²) in [6.45, 7) is 8.24. The number of carbonyl (C=O) groups is 1. The molecule has 1 atom stereocenters. The van der Waals surface area contributed by atoms with Gasteiger partial charge in [-0.05, 0) is 48.6 Å². The van der Waals surface area contributed by atoms with Crippen LogP contribution >= 0.6 is 11.3 Å². The number of fused-ring (bicyclic) bond motifs is 1. The topological polar surface area (TPSA) is 117 Å². The summed E-state index contributed by atoms with van der Waals surface area (Å²) in [5.41, 5.74) is 7.44. The summed E-state index contributed by atoms with van der Waals surface area (Å²) in [7, 11) is 0. The maximum atomic E-state index is 13.4. The molecule has 0 fully saturated rings. The van der Waals surface area contributed by atoms with E-state index >= 15 is 0 Å². The highest BCUT2D eigenvalue weighted by Crippen LogP contribution is 2.36. The molecular formula is C25H25N7O2S. The second-order valence-electron chi connectivity index (χ2n) is 8.57. The molecule has 1 amide bonds. The van der Waals surface area contributed by atoms with Gasteiger partial charge in [0.1, 0.15) is 17.1 Å². The lowest BCUT2D eigenvalue weighted by Gasteiger charge is -2.28. The summed E-state index contributed by atoms with van der Waals surface area (Å²) in [5, 5.41) is 17.4. The number of guanidine groups is 1. The van der Waals surface area contributed by atoms with E-state index in [2.05, 4.69) is 58.0 Å². The predicted octanol–water partition coefficient (Wildman–Crippen LogP) is 5.14. The number of hydrogen-bond acceptors (Lipinski definition) is 9. The number of oxazole rings is 1. The van der Waals surface area contributed by atoms with Crippen molar-refractivity contribution in [2.24, 2.45) is 4.99 Å². The Hall–Kier alpha value is -4.05. The number of amides is 1. The van der Waals surface area contributed by atoms with E-state index < -0.39 is 6.04 Å². The van der Waals surface area contributed by atoms with Crippen molar-refractivity contribution in [2.75, 3.05) is 10.6 Å². The molecule has 2 aromatic heterocycles. The minimum Gasteiger partial charge on any atom is -0.423 e. The van der Waals surface area contributed by atoms with Gasteiger partial charge in [0.05, 0.1) is 5.57 Å². The van der Waals surface area contributed by atoms with Crippen molar-refractivity contribution >= 4 is 45.4 Å². The molecule has 0 spiro atoms. The third-order valence-electron chi connectivity index (χ3n) is 5.92. The van der Waals surface area contributed by atoms with Crippen LogP contribution in [-0.2, 0) is 4.79 Å². The van der Waals surface area contributed by atoms with Crippen molar-refractivity contribution in [3.05, 3.63) is 75.9 Å². The fourth-order valence-corrected chi connectivity index (χ4v) is 4.71. The van der Waals surface area contributed by atoms with Crippen LogP contribution in [0.4, 0.5) is 11.1 Å². The zero-order valence-electron chi connectivity index (χ0n) is 19.8. The molecule has 0 saturated carbocycles. The molecule has 1 unspecified atom stereocenters. The Bertz CT molecular complexity index is 1420. The van der Waals surface area contributed by atoms with Gasteiger partial charge in [0.25, 0.3) is 5.91 Å². The van der Waals surface area contributed by atoms with E-state index in [1.54, 1.807) is 5.51 Å². The largest absolute Gasteiger partial charge is 0.423 e. The van der Waals surface area contributed by atoms with Gasteiger partial charge in [-0.25, -0.2) is 4.99 Å². The molecule has 1 aliphatic rings. The molecule has 1 aliphatic heterocycles. The summed E-state index contributed by atoms with van der Waals surface area (Å²) < 4.78 is 5.81. The van der Waals surface area contributed by atoms with Crippen molar-refractivity contribution in [1.29, 1.82) is 0 Å². The van der Waals surface area contributed by atoms with E-state index in [1.165, 1.54) is 16.9 Å². The van der Waals surface area contributed by atoms with Crippen molar-refractivity contribution in [1.82, 2.24) is 20.5 Å². The fourth-order valence-electron chi connectivity index (χ4n) is 4.27. The van der Waals surface area contributed by atoms with Crippen molar-refractivity contribution in [3.63, 3.8) is 0 Å². The van der Waals surface area contributed by atoms with Crippen LogP contribution in [0.25, 0.3) is 11.1 Å². The van der Waals surface area contributed by atoms with Gasteiger partial charge in [0.2, 0.25) is 11.1 Å². The van der Waals surface area contributed by atoms with Crippen molar-refractivity contribution in [2.45, 2.75) is 39.7 Å². The number of nitrogens with zero attached hydrogens (tertiary/aromatic N) is 4. The van der Waals surface area contributed by atoms with Gasteiger partial charge >= 0.3 is 6.01 Å². The van der Waals surface area contributed by atoms with Gasteiger partial charge in [-0.3, -0.25) is 15.4 Å². The smallest absolute Gasteiger partial charge is 0.302 e. The summed E-state index contributed by atoms with van der Waals surface area (Å²) >= 11 is 1.26. The number of para-hydroxylation sites is 2. The number of hydrogen-bond donors (Lipinski definition) is 3. The molecule has 3 heterocycles. The van der Waals surface area contributed by atoms with E-state index in [-0.39, 0.29) is 5.91 Å². The standard InChI is InChI=1S/C25H25N7O2S/c1-13(2)16-8-7-9-17(14(16)3)21-20(22(33)30-25-32-26-12-35-25)15(4)27-23(29-21)31-24-28-18-10-5-6-11-19(18)34-24/h5-13,21H,1-4H3,(H,30,32,33)(H2,27,28,29,31). The van der Waals surface area contributed by atoms with Crippen LogP contribution in [-0.4, -0.2) is 27.0 Å². The molecule has 9 nitrogen and oxygen atoms in total. The predicted molar refractivity (Wildman–Crippen MR) is 137 cm³/mol. The van der Waals surface area contributed by atoms with Gasteiger partial charge < -0.3 is 9.73 Å². The molecule has 5 rings (SSSR count). The van der Waals surface area contributed by atoms with Crippen LogP contribution in [0, 0.1) is 6.92 Å². The average molecular weight is 488 g/mol. The molecule has 0 bridgehead atoms. The lowest BCUT2D eigenvalue weighted by atomic mass is 9.87. The van der Waals surface area contributed by atoms with Gasteiger partial charge in [-0.1, -0.05) is 55.5 Å². The highest BCUT2D eigenvalue weighted by Gasteiger charge is 2.31. The van der Waals surface area contributed by atoms with Crippen LogP contribution in [0.15, 0.2) is 68.7 Å². The first-order chi connectivity index (χ1) is 16.9. The summed E-state index contributed by atoms with van der Waals surface area (Å²) in [6, 6.07) is 13.4. The highest BCUT2D eigenvalue weighted by atomic mass is 32.1. The fraction of sp³-hybridized carbons (Fsp3) is 0.240. The zero-order valence-corrected chi connectivity index (χ0v) is 20.6. The molecule has 0 aliphatic carbocycles. The van der Waals surface area contributed by atoms with E-state index in [1.807, 2.05) is 43.3 Å². The first-order valence-electron chi connectivity index (χ1n) is 11.3. The maximum absolute atomic E-state index is 13.4. The number of aromatic nitrogens is 3. The van der Waals surface area contributed by atoms with E-state index in [0.717, 1.165) is 16.6 Å². The highest BCUT2D eigenvalue weighted by molar-refractivity contribution is 7.13. The number of benzene rings is 2. The quantitative estimate of drug-likeness (QED) is 0.357. The number of aliphatic imine (C=N–C) groups is 1. The summed E-state index contributed by atoms with van der Waals surface area (Å²) in [5.74, 6) is 0.498. The minimum absolute atomic E-state index is 0.282. The van der Waals surface area contributed by atoms with Gasteiger partial charge in [-0.15, -0.1) is 10.2 Å². The second-order valence-corrected chi connectivity index (χ2v) is 9.40. The zero-order chi connectivity index (χ0) is 24.5. The molecule has 2 aromatic carbocycles. The average Bonchev–Trinajstić information content (AvgIpc) is 3.47. The Balaban J connectivity index is 1.54. The number of rotatable bonds is 5. The normalized spacial score (nSPS) is 15.8. The van der Waals surface area contributed by atoms with E-state index in [9.17, 15) is 4.79 Å². The molecule has 35 heavy (non-hydrogen) atoms. The molecule has 3 N–H and O–H groups in total. The molecule has 0 saturated heterocycles. The number of allylic oxidation sites excluding steroid dienone is 1. The first kappa shape index (κ1) is 22.7. The van der Waals surface area contributed by atoms with Crippen LogP contribution < -0.4 is 16.0 Å². The van der Waals surface area contributed by atoms with Gasteiger partial charge in [0, 0.05) is 5.70 Å². The molecule has 0 radical (unpaired) electrons. The Morgan fingerprint density at radius 1 is 1.14 bits per heavy atom. The van der Waals surface area contributed by atoms with Crippen LogP contribution in [0.1, 0.15) is 49.4 Å². The molecular weight excluding hydrogens is 462 g/mol. The van der Waals surface area contributed by atoms with Gasteiger partial charge in [0.15, 0.2) is 5.58 Å². The van der Waals surface area contributed by atoms with E-state index in [4.69, 9.17) is 9.41 Å². The Kier molecular flexibility index (Phi) is 6.04. The van der Waals surface area contributed by atoms with Crippen LogP contribution in [0.3, 0.4) is 0 Å². The van der Waals surface area contributed by atoms with Crippen LogP contribution in [0.5, 0.6) is 0 Å². The van der Waals surface area contributed by atoms with Crippen molar-refractivity contribution < 1.29 is 9.21 Å². The SMILES string of the molecule is CC1=C(C(=O)Nc2nncs2)C(c2cccc(C(C)C)c2C)N=C(Nc2nc3ccccc3o2)N1. The van der Waals surface area contributed by atoms with E-state index in [0.29, 0.717) is 39.9 Å². The number of nitrogens with one attached hydrogen (secondary N) is 3. The Labute approximate surface area is 206 Å². The summed E-state index contributed by atoms with van der Waals surface area (Å²) in [6.07, 6.45) is 0. The Morgan fingerprint density at radius 2 is 1.97 bits per heavy atom. The van der Waals surface area contributed by atoms with Crippen LogP contribution in [0.2, 0.25) is 0 Å². The minimum atomic E-state index is -0.547. The summed E-state index contributed by atoms with van der Waals surface area (Å²) in [4.78, 5) is 22.8.